The number of aryl methyl sites for hydroxylation is 1. The lowest BCUT2D eigenvalue weighted by Gasteiger charge is -2.38. The maximum atomic E-state index is 14.8. The van der Waals surface area contributed by atoms with Crippen LogP contribution in [0.5, 0.6) is 5.75 Å². The average Bonchev–Trinajstić information content (AvgIpc) is 2.72. The van der Waals surface area contributed by atoms with Gasteiger partial charge >= 0.3 is 0 Å². The molecule has 3 aliphatic rings. The molecule has 1 nitrogen and oxygen atoms in total. The topological polar surface area (TPSA) is 9.23 Å². The maximum Gasteiger partial charge on any atom is 0.201 e. The van der Waals surface area contributed by atoms with Gasteiger partial charge < -0.3 is 4.74 Å². The summed E-state index contributed by atoms with van der Waals surface area (Å²) in [4.78, 5) is 0. The van der Waals surface area contributed by atoms with Gasteiger partial charge in [0.1, 0.15) is 0 Å². The molecule has 2 aliphatic carbocycles. The summed E-state index contributed by atoms with van der Waals surface area (Å²) in [5.74, 6) is 1.55. The molecule has 4 rings (SSSR count). The van der Waals surface area contributed by atoms with Crippen molar-refractivity contribution in [2.24, 2.45) is 17.8 Å². The van der Waals surface area contributed by atoms with Crippen LogP contribution >= 0.6 is 0 Å². The number of benzene rings is 1. The van der Waals surface area contributed by atoms with Crippen LogP contribution < -0.4 is 4.74 Å². The van der Waals surface area contributed by atoms with E-state index in [1.807, 2.05) is 13.0 Å². The van der Waals surface area contributed by atoms with Gasteiger partial charge in [0, 0.05) is 0 Å². The molecule has 0 N–H and O–H groups in total. The molecular weight excluding hydrogens is 354 g/mol. The van der Waals surface area contributed by atoms with E-state index in [0.29, 0.717) is 5.56 Å². The molecule has 1 aliphatic heterocycles. The first-order valence-electron chi connectivity index (χ1n) is 11.7. The van der Waals surface area contributed by atoms with Crippen LogP contribution in [0.1, 0.15) is 102 Å². The van der Waals surface area contributed by atoms with Gasteiger partial charge in [-0.1, -0.05) is 32.6 Å². The van der Waals surface area contributed by atoms with Crippen molar-refractivity contribution in [3.05, 3.63) is 28.8 Å². The molecule has 0 aromatic heterocycles. The zero-order chi connectivity index (χ0) is 19.7. The Morgan fingerprint density at radius 2 is 1.54 bits per heavy atom. The van der Waals surface area contributed by atoms with Crippen molar-refractivity contribution in [2.45, 2.75) is 103 Å². The Hall–Kier alpha value is -1.12. The van der Waals surface area contributed by atoms with Gasteiger partial charge in [-0.15, -0.1) is 0 Å². The van der Waals surface area contributed by atoms with Gasteiger partial charge in [0.25, 0.3) is 0 Å². The van der Waals surface area contributed by atoms with E-state index in [0.717, 1.165) is 49.0 Å². The lowest BCUT2D eigenvalue weighted by molar-refractivity contribution is 0.155. The molecule has 1 atom stereocenters. The Balaban J connectivity index is 1.39. The summed E-state index contributed by atoms with van der Waals surface area (Å²) >= 11 is 0. The van der Waals surface area contributed by atoms with Gasteiger partial charge in [-0.3, -0.25) is 0 Å². The molecule has 0 saturated heterocycles. The fourth-order valence-corrected chi connectivity index (χ4v) is 6.17. The van der Waals surface area contributed by atoms with E-state index in [2.05, 4.69) is 6.92 Å². The number of ether oxygens (including phenoxy) is 1. The predicted molar refractivity (Wildman–Crippen MR) is 110 cm³/mol. The molecule has 0 spiro atoms. The van der Waals surface area contributed by atoms with Gasteiger partial charge in [0.15, 0.2) is 11.6 Å². The fourth-order valence-electron chi connectivity index (χ4n) is 6.17. The van der Waals surface area contributed by atoms with E-state index >= 15 is 0 Å². The van der Waals surface area contributed by atoms with Crippen molar-refractivity contribution in [3.8, 4) is 5.75 Å². The number of hydrogen-bond acceptors (Lipinski definition) is 1. The Morgan fingerprint density at radius 3 is 2.18 bits per heavy atom. The SMILES string of the molecule is CCCC1CCC(C2CCC(c3cc4c(c(F)c3F)OC(C)CC4)CC2)CC1. The normalized spacial score (nSPS) is 33.2. The number of rotatable bonds is 4. The summed E-state index contributed by atoms with van der Waals surface area (Å²) in [5, 5.41) is 0. The molecule has 2 fully saturated rings. The van der Waals surface area contributed by atoms with Crippen LogP contribution in [0, 0.1) is 29.4 Å². The first-order valence-corrected chi connectivity index (χ1v) is 11.7. The summed E-state index contributed by atoms with van der Waals surface area (Å²) < 4.78 is 35.0. The zero-order valence-corrected chi connectivity index (χ0v) is 17.6. The monoisotopic (exact) mass is 390 g/mol. The van der Waals surface area contributed by atoms with Crippen molar-refractivity contribution in [2.75, 3.05) is 0 Å². The minimum absolute atomic E-state index is 0.0323. The van der Waals surface area contributed by atoms with Crippen molar-refractivity contribution in [1.29, 1.82) is 0 Å². The smallest absolute Gasteiger partial charge is 0.201 e. The average molecular weight is 391 g/mol. The van der Waals surface area contributed by atoms with E-state index in [9.17, 15) is 8.78 Å². The third kappa shape index (κ3) is 4.09. The molecule has 0 radical (unpaired) electrons. The van der Waals surface area contributed by atoms with Gasteiger partial charge in [0.2, 0.25) is 5.82 Å². The molecule has 1 unspecified atom stereocenters. The second kappa shape index (κ2) is 8.71. The van der Waals surface area contributed by atoms with E-state index in [1.54, 1.807) is 0 Å². The number of fused-ring (bicyclic) bond motifs is 1. The van der Waals surface area contributed by atoms with Crippen molar-refractivity contribution in [1.82, 2.24) is 0 Å². The number of halogens is 2. The van der Waals surface area contributed by atoms with Crippen LogP contribution in [0.2, 0.25) is 0 Å². The Bertz CT molecular complexity index is 670. The zero-order valence-electron chi connectivity index (χ0n) is 17.6. The third-order valence-corrected chi connectivity index (χ3v) is 7.87. The van der Waals surface area contributed by atoms with Crippen LogP contribution in [0.4, 0.5) is 8.78 Å². The lowest BCUT2D eigenvalue weighted by atomic mass is 9.68. The second-order valence-corrected chi connectivity index (χ2v) is 9.73. The first-order chi connectivity index (χ1) is 13.6. The fraction of sp³-hybridized carbons (Fsp3) is 0.760. The molecule has 28 heavy (non-hydrogen) atoms. The first kappa shape index (κ1) is 20.2. The molecule has 1 aromatic carbocycles. The summed E-state index contributed by atoms with van der Waals surface area (Å²) in [6, 6.07) is 1.92. The standard InChI is InChI=1S/C25H36F2O/c1-3-4-17-6-9-18(10-7-17)19-11-13-20(14-12-19)22-15-21-8-5-16(2)28-25(21)24(27)23(22)26/h15-20H,3-14H2,1-2H3. The highest BCUT2D eigenvalue weighted by atomic mass is 19.2. The number of hydrogen-bond donors (Lipinski definition) is 0. The third-order valence-electron chi connectivity index (χ3n) is 7.87. The van der Waals surface area contributed by atoms with E-state index in [4.69, 9.17) is 4.74 Å². The van der Waals surface area contributed by atoms with Crippen LogP contribution in [-0.4, -0.2) is 6.10 Å². The molecule has 156 valence electrons. The molecular formula is C25H36F2O. The minimum atomic E-state index is -0.754. The van der Waals surface area contributed by atoms with Gasteiger partial charge in [-0.25, -0.2) is 4.39 Å². The van der Waals surface area contributed by atoms with Gasteiger partial charge in [0.05, 0.1) is 6.10 Å². The van der Waals surface area contributed by atoms with E-state index in [1.165, 1.54) is 51.4 Å². The van der Waals surface area contributed by atoms with E-state index < -0.39 is 11.6 Å². The quantitative estimate of drug-likeness (QED) is 0.515. The highest BCUT2D eigenvalue weighted by Gasteiger charge is 2.33. The predicted octanol–water partition coefficient (Wildman–Crippen LogP) is 7.56. The van der Waals surface area contributed by atoms with Crippen molar-refractivity contribution >= 4 is 0 Å². The Labute approximate surface area is 169 Å². The summed E-state index contributed by atoms with van der Waals surface area (Å²) in [6.07, 6.45) is 14.3. The molecule has 0 amide bonds. The lowest BCUT2D eigenvalue weighted by Crippen LogP contribution is -2.26. The van der Waals surface area contributed by atoms with Crippen LogP contribution in [0.15, 0.2) is 6.07 Å². The largest absolute Gasteiger partial charge is 0.487 e. The molecule has 1 aromatic rings. The van der Waals surface area contributed by atoms with Crippen molar-refractivity contribution in [3.63, 3.8) is 0 Å². The Kier molecular flexibility index (Phi) is 6.27. The highest BCUT2D eigenvalue weighted by Crippen LogP contribution is 2.46. The van der Waals surface area contributed by atoms with Gasteiger partial charge in [-0.2, -0.15) is 4.39 Å². The molecule has 2 saturated carbocycles. The highest BCUT2D eigenvalue weighted by molar-refractivity contribution is 5.42. The second-order valence-electron chi connectivity index (χ2n) is 9.73. The van der Waals surface area contributed by atoms with Crippen molar-refractivity contribution < 1.29 is 13.5 Å². The van der Waals surface area contributed by atoms with Crippen LogP contribution in [-0.2, 0) is 6.42 Å². The van der Waals surface area contributed by atoms with E-state index in [-0.39, 0.29) is 17.8 Å². The molecule has 0 bridgehead atoms. The summed E-state index contributed by atoms with van der Waals surface area (Å²) in [7, 11) is 0. The van der Waals surface area contributed by atoms with Gasteiger partial charge in [-0.05, 0) is 99.2 Å². The minimum Gasteiger partial charge on any atom is -0.487 e. The molecule has 3 heteroatoms. The Morgan fingerprint density at radius 1 is 0.893 bits per heavy atom. The summed E-state index contributed by atoms with van der Waals surface area (Å²) in [5.41, 5.74) is 1.47. The summed E-state index contributed by atoms with van der Waals surface area (Å²) in [6.45, 7) is 4.22. The maximum absolute atomic E-state index is 14.8. The molecule has 1 heterocycles. The van der Waals surface area contributed by atoms with Crippen LogP contribution in [0.25, 0.3) is 0 Å². The van der Waals surface area contributed by atoms with Crippen LogP contribution in [0.3, 0.4) is 0 Å².